The molecule has 1 fully saturated rings. The van der Waals surface area contributed by atoms with E-state index in [1.807, 2.05) is 58.0 Å². The van der Waals surface area contributed by atoms with Crippen LogP contribution >= 0.6 is 11.6 Å². The van der Waals surface area contributed by atoms with Gasteiger partial charge in [0.1, 0.15) is 6.10 Å². The average molecular weight is 414 g/mol. The summed E-state index contributed by atoms with van der Waals surface area (Å²) in [5.41, 5.74) is 1.02. The molecule has 5 atom stereocenters. The van der Waals surface area contributed by atoms with Crippen LogP contribution in [0, 0.1) is 0 Å². The Morgan fingerprint density at radius 2 is 1.75 bits per heavy atom. The number of rotatable bonds is 11. The number of ether oxygens (including phenoxy) is 2. The summed E-state index contributed by atoms with van der Waals surface area (Å²) in [7, 11) is 0. The van der Waals surface area contributed by atoms with Gasteiger partial charge in [0.05, 0.1) is 43.1 Å². The quantitative estimate of drug-likeness (QED) is 0.544. The molecule has 0 bridgehead atoms. The van der Waals surface area contributed by atoms with Crippen molar-refractivity contribution in [2.75, 3.05) is 19.0 Å². The normalized spacial score (nSPS) is 25.5. The fraction of sp³-hybridized carbons (Fsp3) is 0.727. The van der Waals surface area contributed by atoms with Crippen LogP contribution in [0.15, 0.2) is 30.3 Å². The summed E-state index contributed by atoms with van der Waals surface area (Å²) in [6.07, 6.45) is 0.321. The van der Waals surface area contributed by atoms with Crippen molar-refractivity contribution in [3.05, 3.63) is 35.9 Å². The second-order valence-electron chi connectivity index (χ2n) is 8.07. The number of likely N-dealkylation sites (tertiary alicyclic amines) is 1. The van der Waals surface area contributed by atoms with Crippen LogP contribution in [0.25, 0.3) is 0 Å². The van der Waals surface area contributed by atoms with Gasteiger partial charge in [-0.3, -0.25) is 4.90 Å². The Morgan fingerprint density at radius 1 is 1.11 bits per heavy atom. The van der Waals surface area contributed by atoms with Gasteiger partial charge in [0.15, 0.2) is 0 Å². The molecule has 1 heterocycles. The summed E-state index contributed by atoms with van der Waals surface area (Å²) in [5, 5.41) is 21.3. The van der Waals surface area contributed by atoms with Gasteiger partial charge in [-0.05, 0) is 46.1 Å². The predicted octanol–water partition coefficient (Wildman–Crippen LogP) is 3.37. The molecule has 0 aromatic heterocycles. The van der Waals surface area contributed by atoms with Crippen molar-refractivity contribution in [2.45, 2.75) is 83.1 Å². The van der Waals surface area contributed by atoms with Gasteiger partial charge in [-0.15, -0.1) is 11.6 Å². The lowest BCUT2D eigenvalue weighted by atomic mass is 9.97. The largest absolute Gasteiger partial charge is 0.394 e. The molecular weight excluding hydrogens is 378 g/mol. The monoisotopic (exact) mass is 413 g/mol. The van der Waals surface area contributed by atoms with Gasteiger partial charge in [0.2, 0.25) is 0 Å². The summed E-state index contributed by atoms with van der Waals surface area (Å²) < 4.78 is 12.4. The number of halogens is 1. The predicted molar refractivity (Wildman–Crippen MR) is 113 cm³/mol. The van der Waals surface area contributed by atoms with Crippen LogP contribution < -0.4 is 0 Å². The fourth-order valence-corrected chi connectivity index (χ4v) is 4.26. The van der Waals surface area contributed by atoms with Crippen LogP contribution in [0.1, 0.15) is 52.1 Å². The maximum atomic E-state index is 11.1. The molecule has 1 aromatic carbocycles. The van der Waals surface area contributed by atoms with Crippen molar-refractivity contribution < 1.29 is 19.7 Å². The number of aliphatic hydroxyl groups excluding tert-OH is 2. The highest BCUT2D eigenvalue weighted by molar-refractivity contribution is 6.17. The van der Waals surface area contributed by atoms with Crippen LogP contribution in [0.4, 0.5) is 0 Å². The number of nitrogens with zero attached hydrogens (tertiary/aromatic N) is 1. The summed E-state index contributed by atoms with van der Waals surface area (Å²) in [4.78, 5) is 2.16. The van der Waals surface area contributed by atoms with Gasteiger partial charge in [0, 0.05) is 12.4 Å². The van der Waals surface area contributed by atoms with Gasteiger partial charge in [-0.2, -0.15) is 0 Å². The molecule has 1 aliphatic rings. The van der Waals surface area contributed by atoms with Gasteiger partial charge in [-0.1, -0.05) is 30.3 Å². The second-order valence-corrected chi connectivity index (χ2v) is 8.45. The summed E-state index contributed by atoms with van der Waals surface area (Å²) >= 11 is 5.87. The fourth-order valence-electron chi connectivity index (χ4n) is 4.10. The van der Waals surface area contributed by atoms with E-state index in [0.29, 0.717) is 18.8 Å². The highest BCUT2D eigenvalue weighted by atomic mass is 35.5. The third-order valence-corrected chi connectivity index (χ3v) is 5.41. The Labute approximate surface area is 174 Å². The zero-order valence-electron chi connectivity index (χ0n) is 17.5. The molecule has 2 N–H and O–H groups in total. The summed E-state index contributed by atoms with van der Waals surface area (Å²) in [6.45, 7) is 8.57. The summed E-state index contributed by atoms with van der Waals surface area (Å²) in [5.74, 6) is 0.507. The lowest BCUT2D eigenvalue weighted by Crippen LogP contribution is -2.49. The van der Waals surface area contributed by atoms with Crippen LogP contribution in [-0.2, 0) is 9.47 Å². The molecule has 5 nitrogen and oxygen atoms in total. The Morgan fingerprint density at radius 3 is 2.29 bits per heavy atom. The minimum Gasteiger partial charge on any atom is -0.394 e. The van der Waals surface area contributed by atoms with E-state index >= 15 is 0 Å². The highest BCUT2D eigenvalue weighted by Crippen LogP contribution is 2.36. The Balaban J connectivity index is 2.37. The van der Waals surface area contributed by atoms with Gasteiger partial charge < -0.3 is 19.7 Å². The molecule has 2 rings (SSSR count). The number of benzene rings is 1. The molecule has 0 radical (unpaired) electrons. The lowest BCUT2D eigenvalue weighted by molar-refractivity contribution is -0.111. The van der Waals surface area contributed by atoms with Crippen molar-refractivity contribution in [3.63, 3.8) is 0 Å². The molecule has 28 heavy (non-hydrogen) atoms. The van der Waals surface area contributed by atoms with Crippen LogP contribution in [0.5, 0.6) is 0 Å². The van der Waals surface area contributed by atoms with Gasteiger partial charge >= 0.3 is 0 Å². The minimum atomic E-state index is -0.610. The number of hydrogen-bond donors (Lipinski definition) is 2. The van der Waals surface area contributed by atoms with E-state index in [2.05, 4.69) is 4.90 Å². The van der Waals surface area contributed by atoms with Crippen molar-refractivity contribution in [1.29, 1.82) is 0 Å². The Hall–Kier alpha value is -0.690. The smallest absolute Gasteiger partial charge is 0.103 e. The van der Waals surface area contributed by atoms with E-state index in [-0.39, 0.29) is 43.1 Å². The van der Waals surface area contributed by atoms with Crippen LogP contribution in [0.2, 0.25) is 0 Å². The molecule has 0 spiro atoms. The zero-order valence-corrected chi connectivity index (χ0v) is 18.3. The van der Waals surface area contributed by atoms with Gasteiger partial charge in [0.25, 0.3) is 0 Å². The Kier molecular flexibility index (Phi) is 9.67. The molecule has 0 unspecified atom stereocenters. The van der Waals surface area contributed by atoms with Crippen molar-refractivity contribution in [3.8, 4) is 0 Å². The highest BCUT2D eigenvalue weighted by Gasteiger charge is 2.49. The maximum absolute atomic E-state index is 11.1. The van der Waals surface area contributed by atoms with E-state index in [9.17, 15) is 10.2 Å². The first kappa shape index (κ1) is 23.6. The third-order valence-electron chi connectivity index (χ3n) is 5.14. The molecule has 0 aliphatic carbocycles. The first-order chi connectivity index (χ1) is 13.4. The molecule has 6 heteroatoms. The molecule has 1 aliphatic heterocycles. The second kappa shape index (κ2) is 11.5. The van der Waals surface area contributed by atoms with Gasteiger partial charge in [-0.25, -0.2) is 0 Å². The van der Waals surface area contributed by atoms with Crippen LogP contribution in [0.3, 0.4) is 0 Å². The molecule has 1 saturated heterocycles. The molecular formula is C22H36ClNO4. The molecule has 160 valence electrons. The third kappa shape index (κ3) is 6.15. The zero-order chi connectivity index (χ0) is 20.7. The number of aliphatic hydroxyl groups is 2. The van der Waals surface area contributed by atoms with E-state index in [1.54, 1.807) is 0 Å². The molecule has 1 aromatic rings. The maximum Gasteiger partial charge on any atom is 0.103 e. The average Bonchev–Trinajstić information content (AvgIpc) is 2.97. The standard InChI is InChI=1S/C22H36ClNO4/c1-15(2)27-20-13-24(18(14-25)17-9-6-5-7-10-17)21(19(26)11-8-12-23)22(20)28-16(3)4/h5-7,9-10,15-16,18-22,25-26H,8,11-14H2,1-4H3/t18-,19+,20+,21-,22+/m0/s1. The number of alkyl halides is 1. The lowest BCUT2D eigenvalue weighted by Gasteiger charge is -2.37. The van der Waals surface area contributed by atoms with E-state index in [1.165, 1.54) is 0 Å². The SMILES string of the molecule is CC(C)O[C@H]1[C@H]([C@H](O)CCCCl)N([C@@H](CO)c2ccccc2)C[C@H]1OC(C)C. The number of hydrogen-bond acceptors (Lipinski definition) is 5. The minimum absolute atomic E-state index is 0.00948. The summed E-state index contributed by atoms with van der Waals surface area (Å²) in [6, 6.07) is 9.43. The topological polar surface area (TPSA) is 62.2 Å². The first-order valence-corrected chi connectivity index (χ1v) is 10.9. The van der Waals surface area contributed by atoms with E-state index < -0.39 is 6.10 Å². The van der Waals surface area contributed by atoms with Crippen molar-refractivity contribution in [1.82, 2.24) is 4.90 Å². The Bertz CT molecular complexity index is 557. The van der Waals surface area contributed by atoms with E-state index in [4.69, 9.17) is 21.1 Å². The molecule has 0 amide bonds. The molecule has 0 saturated carbocycles. The van der Waals surface area contributed by atoms with Crippen molar-refractivity contribution in [2.24, 2.45) is 0 Å². The van der Waals surface area contributed by atoms with Crippen molar-refractivity contribution >= 4 is 11.6 Å². The van der Waals surface area contributed by atoms with E-state index in [0.717, 1.165) is 12.0 Å². The van der Waals surface area contributed by atoms with Crippen LogP contribution in [-0.4, -0.2) is 70.7 Å². The first-order valence-electron chi connectivity index (χ1n) is 10.4.